The van der Waals surface area contributed by atoms with Gasteiger partial charge in [-0.2, -0.15) is 0 Å². The summed E-state index contributed by atoms with van der Waals surface area (Å²) in [5.41, 5.74) is 0.733. The summed E-state index contributed by atoms with van der Waals surface area (Å²) >= 11 is 3.32. The molecule has 1 aromatic heterocycles. The minimum absolute atomic E-state index is 0.123. The van der Waals surface area contributed by atoms with Crippen LogP contribution in [0.15, 0.2) is 41.1 Å². The molecule has 0 bridgehead atoms. The van der Waals surface area contributed by atoms with E-state index in [9.17, 15) is 9.18 Å². The molecule has 2 aromatic rings. The van der Waals surface area contributed by atoms with Crippen molar-refractivity contribution in [2.45, 2.75) is 6.42 Å². The van der Waals surface area contributed by atoms with Gasteiger partial charge in [0.05, 0.1) is 12.4 Å². The molecule has 2 rings (SSSR count). The predicted molar refractivity (Wildman–Crippen MR) is 77.9 cm³/mol. The highest BCUT2D eigenvalue weighted by Crippen LogP contribution is 2.14. The second-order valence-electron chi connectivity index (χ2n) is 3.96. The molecule has 0 fully saturated rings. The van der Waals surface area contributed by atoms with Gasteiger partial charge in [-0.3, -0.25) is 4.79 Å². The van der Waals surface area contributed by atoms with Crippen LogP contribution in [0.1, 0.15) is 6.42 Å². The molecular formula is C13H12BrFN4O. The zero-order valence-electron chi connectivity index (χ0n) is 10.4. The average molecular weight is 339 g/mol. The number of anilines is 2. The first-order chi connectivity index (χ1) is 9.63. The maximum atomic E-state index is 12.6. The Balaban J connectivity index is 1.75. The molecule has 0 aliphatic heterocycles. The second-order valence-corrected chi connectivity index (χ2v) is 4.87. The van der Waals surface area contributed by atoms with Crippen molar-refractivity contribution < 1.29 is 9.18 Å². The van der Waals surface area contributed by atoms with Crippen molar-refractivity contribution in [1.29, 1.82) is 0 Å². The zero-order chi connectivity index (χ0) is 14.4. The maximum absolute atomic E-state index is 12.6. The molecule has 104 valence electrons. The van der Waals surface area contributed by atoms with E-state index >= 15 is 0 Å². The van der Waals surface area contributed by atoms with Gasteiger partial charge in [-0.05, 0) is 24.3 Å². The number of hydrogen-bond donors (Lipinski definition) is 2. The lowest BCUT2D eigenvalue weighted by molar-refractivity contribution is -0.115. The van der Waals surface area contributed by atoms with E-state index in [0.29, 0.717) is 12.5 Å². The highest BCUT2D eigenvalue weighted by molar-refractivity contribution is 9.10. The second kappa shape index (κ2) is 6.95. The highest BCUT2D eigenvalue weighted by atomic mass is 79.9. The summed E-state index contributed by atoms with van der Waals surface area (Å²) in [5.74, 6) is -0.326. The normalized spacial score (nSPS) is 10.1. The molecule has 2 N–H and O–H groups in total. The average Bonchev–Trinajstić information content (AvgIpc) is 2.44. The Hall–Kier alpha value is -2.02. The van der Waals surface area contributed by atoms with E-state index in [-0.39, 0.29) is 12.3 Å². The van der Waals surface area contributed by atoms with E-state index < -0.39 is 5.82 Å². The van der Waals surface area contributed by atoms with Gasteiger partial charge in [0.15, 0.2) is 5.82 Å². The molecule has 0 radical (unpaired) electrons. The van der Waals surface area contributed by atoms with Crippen LogP contribution in [0.3, 0.4) is 0 Å². The third kappa shape index (κ3) is 4.58. The summed E-state index contributed by atoms with van der Waals surface area (Å²) in [7, 11) is 0. The summed E-state index contributed by atoms with van der Waals surface area (Å²) in [4.78, 5) is 19.1. The van der Waals surface area contributed by atoms with Crippen LogP contribution in [-0.2, 0) is 4.79 Å². The lowest BCUT2D eigenvalue weighted by Gasteiger charge is -2.06. The number of nitrogens with zero attached hydrogens (tertiary/aromatic N) is 2. The van der Waals surface area contributed by atoms with Gasteiger partial charge in [0.1, 0.15) is 0 Å². The Labute approximate surface area is 123 Å². The van der Waals surface area contributed by atoms with Crippen LogP contribution in [0.4, 0.5) is 16.0 Å². The van der Waals surface area contributed by atoms with Crippen molar-refractivity contribution >= 4 is 33.5 Å². The summed E-state index contributed by atoms with van der Waals surface area (Å²) in [6, 6.07) is 7.30. The molecule has 0 saturated heterocycles. The molecule has 0 atom stereocenters. The van der Waals surface area contributed by atoms with Gasteiger partial charge in [-0.15, -0.1) is 0 Å². The summed E-state index contributed by atoms with van der Waals surface area (Å²) in [6.07, 6.45) is 2.39. The molecule has 0 saturated carbocycles. The number of rotatable bonds is 5. The number of hydrogen-bond acceptors (Lipinski definition) is 4. The first-order valence-electron chi connectivity index (χ1n) is 5.90. The van der Waals surface area contributed by atoms with Gasteiger partial charge >= 0.3 is 0 Å². The largest absolute Gasteiger partial charge is 0.354 e. The Morgan fingerprint density at radius 3 is 2.50 bits per heavy atom. The fraction of sp³-hybridized carbons (Fsp3) is 0.154. The third-order valence-corrected chi connectivity index (χ3v) is 2.91. The summed E-state index contributed by atoms with van der Waals surface area (Å²) in [6.45, 7) is 0.369. The van der Waals surface area contributed by atoms with Gasteiger partial charge in [0.2, 0.25) is 11.9 Å². The molecule has 0 unspecified atom stereocenters. The Kier molecular flexibility index (Phi) is 5.00. The topological polar surface area (TPSA) is 66.9 Å². The number of carbonyl (C=O) groups is 1. The number of amides is 1. The number of nitrogens with one attached hydrogen (secondary N) is 2. The summed E-state index contributed by atoms with van der Waals surface area (Å²) in [5, 5.41) is 5.60. The van der Waals surface area contributed by atoms with Crippen molar-refractivity contribution in [1.82, 2.24) is 9.97 Å². The fourth-order valence-electron chi connectivity index (χ4n) is 1.45. The first-order valence-corrected chi connectivity index (χ1v) is 6.69. The molecule has 1 heterocycles. The van der Waals surface area contributed by atoms with Crippen molar-refractivity contribution in [3.8, 4) is 0 Å². The molecular weight excluding hydrogens is 327 g/mol. The lowest BCUT2D eigenvalue weighted by atomic mass is 10.3. The first kappa shape index (κ1) is 14.4. The maximum Gasteiger partial charge on any atom is 0.226 e. The molecule has 0 spiro atoms. The molecule has 5 nitrogen and oxygen atoms in total. The van der Waals surface area contributed by atoms with E-state index in [0.717, 1.165) is 22.6 Å². The smallest absolute Gasteiger partial charge is 0.226 e. The SMILES string of the molecule is O=C(CCNc1ncc(F)cn1)Nc1ccc(Br)cc1. The summed E-state index contributed by atoms with van der Waals surface area (Å²) < 4.78 is 13.5. The van der Waals surface area contributed by atoms with Gasteiger partial charge in [-0.1, -0.05) is 15.9 Å². The van der Waals surface area contributed by atoms with Crippen molar-refractivity contribution in [3.63, 3.8) is 0 Å². The van der Waals surface area contributed by atoms with Crippen LogP contribution in [0.2, 0.25) is 0 Å². The molecule has 0 aliphatic carbocycles. The number of carbonyl (C=O) groups excluding carboxylic acids is 1. The van der Waals surface area contributed by atoms with E-state index in [1.165, 1.54) is 0 Å². The highest BCUT2D eigenvalue weighted by Gasteiger charge is 2.03. The van der Waals surface area contributed by atoms with Crippen LogP contribution >= 0.6 is 15.9 Å². The van der Waals surface area contributed by atoms with E-state index in [1.807, 2.05) is 12.1 Å². The molecule has 1 aromatic carbocycles. The monoisotopic (exact) mass is 338 g/mol. The zero-order valence-corrected chi connectivity index (χ0v) is 12.0. The molecule has 1 amide bonds. The molecule has 7 heteroatoms. The van der Waals surface area contributed by atoms with Crippen molar-refractivity contribution in [2.24, 2.45) is 0 Å². The Morgan fingerprint density at radius 1 is 1.20 bits per heavy atom. The minimum Gasteiger partial charge on any atom is -0.354 e. The number of aromatic nitrogens is 2. The molecule has 0 aliphatic rings. The van der Waals surface area contributed by atoms with Crippen molar-refractivity contribution in [3.05, 3.63) is 46.9 Å². The van der Waals surface area contributed by atoms with Crippen LogP contribution in [0.5, 0.6) is 0 Å². The van der Waals surface area contributed by atoms with Crippen LogP contribution in [0.25, 0.3) is 0 Å². The molecule has 20 heavy (non-hydrogen) atoms. The number of halogens is 2. The van der Waals surface area contributed by atoms with Crippen LogP contribution in [-0.4, -0.2) is 22.4 Å². The van der Waals surface area contributed by atoms with E-state index in [2.05, 4.69) is 36.5 Å². The fourth-order valence-corrected chi connectivity index (χ4v) is 1.71. The Bertz CT molecular complexity index is 574. The van der Waals surface area contributed by atoms with Crippen molar-refractivity contribution in [2.75, 3.05) is 17.2 Å². The van der Waals surface area contributed by atoms with Gasteiger partial charge < -0.3 is 10.6 Å². The van der Waals surface area contributed by atoms with Gasteiger partial charge in [0.25, 0.3) is 0 Å². The van der Waals surface area contributed by atoms with E-state index in [1.54, 1.807) is 12.1 Å². The van der Waals surface area contributed by atoms with E-state index in [4.69, 9.17) is 0 Å². The van der Waals surface area contributed by atoms with Crippen LogP contribution < -0.4 is 10.6 Å². The standard InChI is InChI=1S/C13H12BrFN4O/c14-9-1-3-11(4-2-9)19-12(20)5-6-16-13-17-7-10(15)8-18-13/h1-4,7-8H,5-6H2,(H,19,20)(H,16,17,18). The third-order valence-electron chi connectivity index (χ3n) is 2.38. The lowest BCUT2D eigenvalue weighted by Crippen LogP contribution is -2.16. The van der Waals surface area contributed by atoms with Gasteiger partial charge in [0, 0.05) is 23.1 Å². The number of benzene rings is 1. The van der Waals surface area contributed by atoms with Gasteiger partial charge in [-0.25, -0.2) is 14.4 Å². The quantitative estimate of drug-likeness (QED) is 0.879. The van der Waals surface area contributed by atoms with Crippen LogP contribution in [0, 0.1) is 5.82 Å². The minimum atomic E-state index is -0.497. The predicted octanol–water partition coefficient (Wildman–Crippen LogP) is 2.82. The Morgan fingerprint density at radius 2 is 1.85 bits per heavy atom.